The van der Waals surface area contributed by atoms with E-state index in [1.54, 1.807) is 0 Å². The van der Waals surface area contributed by atoms with Crippen LogP contribution in [0.2, 0.25) is 0 Å². The van der Waals surface area contributed by atoms with E-state index in [0.29, 0.717) is 5.69 Å². The summed E-state index contributed by atoms with van der Waals surface area (Å²) in [6.07, 6.45) is 2.08. The summed E-state index contributed by atoms with van der Waals surface area (Å²) in [4.78, 5) is 11.3. The summed E-state index contributed by atoms with van der Waals surface area (Å²) in [5.74, 6) is 0. The number of nitrogens with zero attached hydrogens (tertiary/aromatic N) is 2. The van der Waals surface area contributed by atoms with Crippen molar-refractivity contribution in [1.82, 2.24) is 4.57 Å². The van der Waals surface area contributed by atoms with Crippen LogP contribution in [0.3, 0.4) is 0 Å². The standard InChI is InChI=1S/C16H15N2O/c1-17(19)15-7-4-5-13(11-15)12-18-10-9-14-6-2-3-8-16(14)18/h2-11H,12H2,1H3/q+1. The van der Waals surface area contributed by atoms with E-state index in [0.717, 1.165) is 16.9 Å². The Morgan fingerprint density at radius 1 is 1.05 bits per heavy atom. The van der Waals surface area contributed by atoms with Gasteiger partial charge in [0.15, 0.2) is 7.05 Å². The monoisotopic (exact) mass is 251 g/mol. The number of para-hydroxylation sites is 1. The molecule has 0 bridgehead atoms. The summed E-state index contributed by atoms with van der Waals surface area (Å²) in [5, 5.41) is 1.24. The Balaban J connectivity index is 1.97. The number of hydrogen-bond acceptors (Lipinski definition) is 1. The first kappa shape index (κ1) is 11.7. The zero-order chi connectivity index (χ0) is 13.2. The maximum Gasteiger partial charge on any atom is 0.255 e. The largest absolute Gasteiger partial charge is 0.343 e. The van der Waals surface area contributed by atoms with Crippen LogP contribution in [-0.4, -0.2) is 16.4 Å². The zero-order valence-electron chi connectivity index (χ0n) is 10.8. The highest BCUT2D eigenvalue weighted by molar-refractivity contribution is 5.80. The van der Waals surface area contributed by atoms with Crippen LogP contribution in [0.1, 0.15) is 5.56 Å². The molecular formula is C16H15N2O+. The summed E-state index contributed by atoms with van der Waals surface area (Å²) in [5.41, 5.74) is 3.03. The van der Waals surface area contributed by atoms with Gasteiger partial charge in [0.05, 0.1) is 0 Å². The minimum atomic E-state index is 0.689. The highest BCUT2D eigenvalue weighted by Crippen LogP contribution is 2.18. The Hall–Kier alpha value is -2.42. The van der Waals surface area contributed by atoms with Crippen molar-refractivity contribution < 1.29 is 4.76 Å². The topological polar surface area (TPSA) is 25.0 Å². The molecule has 2 aromatic carbocycles. The third kappa shape index (κ3) is 2.27. The molecule has 0 atom stereocenters. The van der Waals surface area contributed by atoms with Crippen molar-refractivity contribution in [2.24, 2.45) is 0 Å². The molecule has 0 aliphatic rings. The predicted molar refractivity (Wildman–Crippen MR) is 76.7 cm³/mol. The van der Waals surface area contributed by atoms with Crippen molar-refractivity contribution in [3.8, 4) is 0 Å². The van der Waals surface area contributed by atoms with E-state index in [-0.39, 0.29) is 0 Å². The van der Waals surface area contributed by atoms with Gasteiger partial charge in [-0.25, -0.2) is 0 Å². The van der Waals surface area contributed by atoms with Gasteiger partial charge >= 0.3 is 0 Å². The lowest BCUT2D eigenvalue weighted by atomic mass is 10.2. The van der Waals surface area contributed by atoms with E-state index in [1.807, 2.05) is 36.4 Å². The molecule has 0 saturated carbocycles. The van der Waals surface area contributed by atoms with Crippen molar-refractivity contribution in [3.05, 3.63) is 71.3 Å². The molecule has 0 fully saturated rings. The van der Waals surface area contributed by atoms with Gasteiger partial charge in [0.25, 0.3) is 5.69 Å². The molecule has 3 aromatic rings. The first-order chi connectivity index (χ1) is 9.24. The molecular weight excluding hydrogens is 236 g/mol. The van der Waals surface area contributed by atoms with Gasteiger partial charge in [-0.3, -0.25) is 0 Å². The molecule has 3 heteroatoms. The first-order valence-electron chi connectivity index (χ1n) is 6.28. The second kappa shape index (κ2) is 4.69. The maximum atomic E-state index is 11.3. The number of nitroso groups, excluding NO2 is 1. The molecule has 1 heterocycles. The van der Waals surface area contributed by atoms with Gasteiger partial charge in [0.1, 0.15) is 0 Å². The Labute approximate surface area is 111 Å². The van der Waals surface area contributed by atoms with Crippen molar-refractivity contribution in [3.63, 3.8) is 0 Å². The zero-order valence-corrected chi connectivity index (χ0v) is 10.8. The summed E-state index contributed by atoms with van der Waals surface area (Å²) >= 11 is 0. The lowest BCUT2D eigenvalue weighted by molar-refractivity contribution is -0.428. The second-order valence-corrected chi connectivity index (χ2v) is 4.67. The number of fused-ring (bicyclic) bond motifs is 1. The van der Waals surface area contributed by atoms with Crippen LogP contribution in [0.25, 0.3) is 10.9 Å². The Morgan fingerprint density at radius 2 is 1.89 bits per heavy atom. The summed E-state index contributed by atoms with van der Waals surface area (Å²) in [7, 11) is 1.52. The SMILES string of the molecule is C[N+](=O)c1cccc(Cn2ccc3ccccc32)c1. The molecule has 0 N–H and O–H groups in total. The second-order valence-electron chi connectivity index (χ2n) is 4.67. The van der Waals surface area contributed by atoms with Crippen molar-refractivity contribution in [2.75, 3.05) is 7.05 Å². The highest BCUT2D eigenvalue weighted by atomic mass is 16.3. The maximum absolute atomic E-state index is 11.3. The number of benzene rings is 2. The summed E-state index contributed by atoms with van der Waals surface area (Å²) in [6, 6.07) is 18.1. The van der Waals surface area contributed by atoms with Crippen LogP contribution in [0.15, 0.2) is 60.8 Å². The van der Waals surface area contributed by atoms with Crippen LogP contribution in [-0.2, 0) is 6.54 Å². The van der Waals surface area contributed by atoms with E-state index in [4.69, 9.17) is 0 Å². The van der Waals surface area contributed by atoms with Crippen LogP contribution in [0, 0.1) is 4.91 Å². The van der Waals surface area contributed by atoms with Crippen molar-refractivity contribution in [2.45, 2.75) is 6.54 Å². The van der Waals surface area contributed by atoms with Crippen molar-refractivity contribution >= 4 is 16.6 Å². The van der Waals surface area contributed by atoms with Crippen LogP contribution >= 0.6 is 0 Å². The van der Waals surface area contributed by atoms with Gasteiger partial charge in [-0.2, -0.15) is 0 Å². The van der Waals surface area contributed by atoms with Gasteiger partial charge in [-0.15, -0.1) is 0 Å². The average molecular weight is 251 g/mol. The molecule has 0 aliphatic carbocycles. The van der Waals surface area contributed by atoms with Gasteiger partial charge in [0.2, 0.25) is 0 Å². The number of aromatic nitrogens is 1. The number of hydrogen-bond donors (Lipinski definition) is 0. The molecule has 19 heavy (non-hydrogen) atoms. The highest BCUT2D eigenvalue weighted by Gasteiger charge is 2.07. The summed E-state index contributed by atoms with van der Waals surface area (Å²) < 4.78 is 3.08. The fourth-order valence-electron chi connectivity index (χ4n) is 2.33. The molecule has 0 amide bonds. The fourth-order valence-corrected chi connectivity index (χ4v) is 2.33. The van der Waals surface area contributed by atoms with Gasteiger partial charge in [0, 0.05) is 40.1 Å². The normalized spacial score (nSPS) is 10.8. The Morgan fingerprint density at radius 3 is 2.74 bits per heavy atom. The van der Waals surface area contributed by atoms with Gasteiger partial charge in [-0.05, 0) is 23.1 Å². The molecule has 0 radical (unpaired) electrons. The Kier molecular flexibility index (Phi) is 2.88. The third-order valence-electron chi connectivity index (χ3n) is 3.31. The van der Waals surface area contributed by atoms with E-state index in [2.05, 4.69) is 29.0 Å². The van der Waals surface area contributed by atoms with Gasteiger partial charge in [-0.1, -0.05) is 30.3 Å². The Bertz CT molecular complexity index is 743. The van der Waals surface area contributed by atoms with E-state index < -0.39 is 0 Å². The molecule has 0 unspecified atom stereocenters. The first-order valence-corrected chi connectivity index (χ1v) is 6.28. The lowest BCUT2D eigenvalue weighted by Gasteiger charge is -2.05. The fraction of sp³-hybridized carbons (Fsp3) is 0.125. The minimum Gasteiger partial charge on any atom is -0.343 e. The summed E-state index contributed by atoms with van der Waals surface area (Å²) in [6.45, 7) is 0.773. The van der Waals surface area contributed by atoms with Crippen LogP contribution < -0.4 is 0 Å². The van der Waals surface area contributed by atoms with E-state index in [1.165, 1.54) is 18.0 Å². The molecule has 0 aliphatic heterocycles. The molecule has 3 nitrogen and oxygen atoms in total. The minimum absolute atomic E-state index is 0.689. The van der Waals surface area contributed by atoms with Crippen molar-refractivity contribution in [1.29, 1.82) is 0 Å². The van der Waals surface area contributed by atoms with E-state index >= 15 is 0 Å². The van der Waals surface area contributed by atoms with Crippen LogP contribution in [0.4, 0.5) is 5.69 Å². The molecule has 94 valence electrons. The quantitative estimate of drug-likeness (QED) is 0.651. The van der Waals surface area contributed by atoms with E-state index in [9.17, 15) is 4.91 Å². The molecule has 1 aromatic heterocycles. The third-order valence-corrected chi connectivity index (χ3v) is 3.31. The molecule has 0 spiro atoms. The predicted octanol–water partition coefficient (Wildman–Crippen LogP) is 3.73. The number of rotatable bonds is 3. The van der Waals surface area contributed by atoms with Gasteiger partial charge < -0.3 is 4.57 Å². The molecule has 0 saturated heterocycles. The molecule has 3 rings (SSSR count). The lowest BCUT2D eigenvalue weighted by Crippen LogP contribution is -1.99. The smallest absolute Gasteiger partial charge is 0.255 e. The van der Waals surface area contributed by atoms with Crippen LogP contribution in [0.5, 0.6) is 0 Å². The average Bonchev–Trinajstić information content (AvgIpc) is 2.83.